The number of nitrogen functional groups attached to an aromatic ring is 1. The van der Waals surface area contributed by atoms with Gasteiger partial charge in [0.25, 0.3) is 0 Å². The summed E-state index contributed by atoms with van der Waals surface area (Å²) in [4.78, 5) is 0. The highest BCUT2D eigenvalue weighted by atomic mass is 16.5. The number of anilines is 1. The Balaban J connectivity index is 2.68. The van der Waals surface area contributed by atoms with Gasteiger partial charge in [-0.05, 0) is 37.5 Å². The zero-order chi connectivity index (χ0) is 11.0. The molecule has 2 rings (SSSR count). The fourth-order valence-corrected chi connectivity index (χ4v) is 2.04. The monoisotopic (exact) mass is 202 g/mol. The Hall–Kier alpha value is -1.77. The van der Waals surface area contributed by atoms with Gasteiger partial charge in [-0.3, -0.25) is 0 Å². The second-order valence-electron chi connectivity index (χ2n) is 3.89. The van der Waals surface area contributed by atoms with Gasteiger partial charge in [-0.15, -0.1) is 0 Å². The van der Waals surface area contributed by atoms with E-state index in [1.807, 2.05) is 0 Å². The summed E-state index contributed by atoms with van der Waals surface area (Å²) in [6.07, 6.45) is 1.60. The fraction of sp³-hybridized carbons (Fsp3) is 0.250. The van der Waals surface area contributed by atoms with Crippen molar-refractivity contribution >= 4 is 5.82 Å². The molecule has 0 radical (unpaired) electrons. The van der Waals surface area contributed by atoms with Crippen molar-refractivity contribution in [1.29, 1.82) is 0 Å². The van der Waals surface area contributed by atoms with Crippen LogP contribution in [0.5, 0.6) is 0 Å². The van der Waals surface area contributed by atoms with Crippen molar-refractivity contribution in [2.45, 2.75) is 20.8 Å². The van der Waals surface area contributed by atoms with Crippen molar-refractivity contribution in [2.75, 3.05) is 5.73 Å². The molecular formula is C12H14N2O. The smallest absolute Gasteiger partial charge is 0.174 e. The molecule has 0 unspecified atom stereocenters. The molecule has 0 amide bonds. The third kappa shape index (κ3) is 1.61. The first-order chi connectivity index (χ1) is 7.09. The molecule has 1 aromatic carbocycles. The van der Waals surface area contributed by atoms with E-state index in [1.54, 1.807) is 6.26 Å². The van der Waals surface area contributed by atoms with E-state index in [4.69, 9.17) is 10.3 Å². The van der Waals surface area contributed by atoms with Gasteiger partial charge in [-0.25, -0.2) is 0 Å². The molecule has 0 saturated carbocycles. The molecule has 1 heterocycles. The van der Waals surface area contributed by atoms with Crippen LogP contribution in [-0.2, 0) is 0 Å². The van der Waals surface area contributed by atoms with Crippen LogP contribution in [0.15, 0.2) is 22.9 Å². The summed E-state index contributed by atoms with van der Waals surface area (Å²) >= 11 is 0. The molecule has 0 spiro atoms. The molecule has 0 atom stereocenters. The summed E-state index contributed by atoms with van der Waals surface area (Å²) in [6.45, 7) is 6.23. The van der Waals surface area contributed by atoms with Gasteiger partial charge in [0.2, 0.25) is 0 Å². The molecule has 0 saturated heterocycles. The second kappa shape index (κ2) is 3.42. The van der Waals surface area contributed by atoms with Crippen LogP contribution in [0.1, 0.15) is 16.7 Å². The van der Waals surface area contributed by atoms with Crippen molar-refractivity contribution in [1.82, 2.24) is 5.16 Å². The number of rotatable bonds is 1. The number of aryl methyl sites for hydroxylation is 3. The van der Waals surface area contributed by atoms with Crippen LogP contribution in [0.4, 0.5) is 5.82 Å². The molecule has 2 N–H and O–H groups in total. The normalized spacial score (nSPS) is 10.6. The first-order valence-corrected chi connectivity index (χ1v) is 4.87. The first kappa shape index (κ1) is 9.77. The molecule has 15 heavy (non-hydrogen) atoms. The summed E-state index contributed by atoms with van der Waals surface area (Å²) in [5.41, 5.74) is 11.4. The molecule has 0 aliphatic heterocycles. The largest absolute Gasteiger partial charge is 0.380 e. The molecule has 78 valence electrons. The third-order valence-corrected chi connectivity index (χ3v) is 2.54. The zero-order valence-electron chi connectivity index (χ0n) is 9.16. The van der Waals surface area contributed by atoms with Crippen LogP contribution >= 0.6 is 0 Å². The maximum atomic E-state index is 5.74. The van der Waals surface area contributed by atoms with Crippen molar-refractivity contribution in [3.8, 4) is 11.1 Å². The number of hydrogen-bond donors (Lipinski definition) is 1. The van der Waals surface area contributed by atoms with E-state index < -0.39 is 0 Å². The molecule has 3 nitrogen and oxygen atoms in total. The number of benzene rings is 1. The maximum Gasteiger partial charge on any atom is 0.174 e. The Bertz CT molecular complexity index is 477. The van der Waals surface area contributed by atoms with Gasteiger partial charge in [-0.2, -0.15) is 0 Å². The summed E-state index contributed by atoms with van der Waals surface area (Å²) in [5.74, 6) is 0.449. The van der Waals surface area contributed by atoms with E-state index in [1.165, 1.54) is 16.7 Å². The minimum Gasteiger partial charge on any atom is -0.380 e. The average molecular weight is 202 g/mol. The molecule has 0 aliphatic rings. The van der Waals surface area contributed by atoms with Crippen molar-refractivity contribution in [3.05, 3.63) is 35.1 Å². The predicted molar refractivity (Wildman–Crippen MR) is 60.6 cm³/mol. The lowest BCUT2D eigenvalue weighted by molar-refractivity contribution is 0.423. The summed E-state index contributed by atoms with van der Waals surface area (Å²) < 4.78 is 4.86. The summed E-state index contributed by atoms with van der Waals surface area (Å²) in [6, 6.07) is 4.27. The number of aromatic nitrogens is 1. The molecule has 0 fully saturated rings. The number of nitrogens with zero attached hydrogens (tertiary/aromatic N) is 1. The summed E-state index contributed by atoms with van der Waals surface area (Å²) in [5, 5.41) is 3.70. The van der Waals surface area contributed by atoms with E-state index >= 15 is 0 Å². The highest BCUT2D eigenvalue weighted by molar-refractivity contribution is 5.77. The van der Waals surface area contributed by atoms with Gasteiger partial charge >= 0.3 is 0 Å². The van der Waals surface area contributed by atoms with Crippen LogP contribution in [0.3, 0.4) is 0 Å². The van der Waals surface area contributed by atoms with Gasteiger partial charge in [0.15, 0.2) is 5.82 Å². The second-order valence-corrected chi connectivity index (χ2v) is 3.89. The van der Waals surface area contributed by atoms with Crippen molar-refractivity contribution < 1.29 is 4.52 Å². The van der Waals surface area contributed by atoms with Crippen LogP contribution in [-0.4, -0.2) is 5.16 Å². The van der Waals surface area contributed by atoms with E-state index in [2.05, 4.69) is 38.1 Å². The molecule has 1 aromatic heterocycles. The van der Waals surface area contributed by atoms with Crippen molar-refractivity contribution in [3.63, 3.8) is 0 Å². The minimum absolute atomic E-state index is 0.449. The molecule has 3 heteroatoms. The fourth-order valence-electron chi connectivity index (χ4n) is 2.04. The lowest BCUT2D eigenvalue weighted by atomic mass is 9.95. The first-order valence-electron chi connectivity index (χ1n) is 4.87. The van der Waals surface area contributed by atoms with Gasteiger partial charge in [0.05, 0.1) is 5.56 Å². The standard InChI is InChI=1S/C12H14N2O/c1-7-4-8(2)11(9(3)5-7)10-6-15-14-12(10)13/h4-6H,1-3H3,(H2,13,14). The van der Waals surface area contributed by atoms with E-state index in [-0.39, 0.29) is 0 Å². The molecule has 2 aromatic rings. The van der Waals surface area contributed by atoms with Crippen LogP contribution in [0, 0.1) is 20.8 Å². The van der Waals surface area contributed by atoms with Gasteiger partial charge in [0, 0.05) is 0 Å². The highest BCUT2D eigenvalue weighted by Crippen LogP contribution is 2.31. The third-order valence-electron chi connectivity index (χ3n) is 2.54. The average Bonchev–Trinajstić information content (AvgIpc) is 2.50. The quantitative estimate of drug-likeness (QED) is 0.773. The summed E-state index contributed by atoms with van der Waals surface area (Å²) in [7, 11) is 0. The SMILES string of the molecule is Cc1cc(C)c(-c2conc2N)c(C)c1. The Kier molecular flexibility index (Phi) is 2.23. The minimum atomic E-state index is 0.449. The number of nitrogens with two attached hydrogens (primary N) is 1. The topological polar surface area (TPSA) is 52.0 Å². The van der Waals surface area contributed by atoms with Crippen LogP contribution in [0.2, 0.25) is 0 Å². The Morgan fingerprint density at radius 3 is 2.20 bits per heavy atom. The Labute approximate surface area is 88.9 Å². The van der Waals surface area contributed by atoms with Gasteiger partial charge < -0.3 is 10.3 Å². The van der Waals surface area contributed by atoms with Gasteiger partial charge in [-0.1, -0.05) is 22.9 Å². The highest BCUT2D eigenvalue weighted by Gasteiger charge is 2.12. The van der Waals surface area contributed by atoms with Crippen LogP contribution < -0.4 is 5.73 Å². The van der Waals surface area contributed by atoms with E-state index in [9.17, 15) is 0 Å². The van der Waals surface area contributed by atoms with Gasteiger partial charge in [0.1, 0.15) is 6.26 Å². The Morgan fingerprint density at radius 2 is 1.73 bits per heavy atom. The van der Waals surface area contributed by atoms with Crippen LogP contribution in [0.25, 0.3) is 11.1 Å². The van der Waals surface area contributed by atoms with Crippen molar-refractivity contribution in [2.24, 2.45) is 0 Å². The molecule has 0 aliphatic carbocycles. The lowest BCUT2D eigenvalue weighted by Crippen LogP contribution is -1.93. The predicted octanol–water partition coefficient (Wildman–Crippen LogP) is 2.85. The molecule has 0 bridgehead atoms. The zero-order valence-corrected chi connectivity index (χ0v) is 9.16. The Morgan fingerprint density at radius 1 is 1.13 bits per heavy atom. The number of hydrogen-bond acceptors (Lipinski definition) is 3. The maximum absolute atomic E-state index is 5.74. The lowest BCUT2D eigenvalue weighted by Gasteiger charge is -2.09. The van der Waals surface area contributed by atoms with E-state index in [0.717, 1.165) is 11.1 Å². The van der Waals surface area contributed by atoms with E-state index in [0.29, 0.717) is 5.82 Å². The molecular weight excluding hydrogens is 188 g/mol.